The summed E-state index contributed by atoms with van der Waals surface area (Å²) in [6, 6.07) is 10.4. The van der Waals surface area contributed by atoms with Crippen molar-refractivity contribution in [3.63, 3.8) is 0 Å². The molecule has 2 bridgehead atoms. The maximum atomic E-state index is 11.3. The fourth-order valence-corrected chi connectivity index (χ4v) is 5.30. The van der Waals surface area contributed by atoms with E-state index in [4.69, 9.17) is 19.4 Å². The summed E-state index contributed by atoms with van der Waals surface area (Å²) in [6.07, 6.45) is 4.96. The fraction of sp³-hybridized carbons (Fsp3) is 0.652. The van der Waals surface area contributed by atoms with Crippen molar-refractivity contribution in [2.75, 3.05) is 32.8 Å². The van der Waals surface area contributed by atoms with Crippen molar-refractivity contribution in [3.05, 3.63) is 35.9 Å². The number of amides is 1. The topological polar surface area (TPSA) is 88.1 Å². The average Bonchev–Trinajstić information content (AvgIpc) is 3.38. The molecule has 1 aromatic carbocycles. The van der Waals surface area contributed by atoms with Crippen LogP contribution in [-0.2, 0) is 25.7 Å². The Kier molecular flexibility index (Phi) is 8.24. The quantitative estimate of drug-likeness (QED) is 0.473. The molecule has 0 saturated carbocycles. The van der Waals surface area contributed by atoms with Gasteiger partial charge in [-0.2, -0.15) is 0 Å². The lowest BCUT2D eigenvalue weighted by Gasteiger charge is -2.29. The predicted octanol–water partition coefficient (Wildman–Crippen LogP) is 2.30. The first-order valence-corrected chi connectivity index (χ1v) is 10.9. The van der Waals surface area contributed by atoms with Crippen LogP contribution in [0.25, 0.3) is 0 Å². The van der Waals surface area contributed by atoms with Gasteiger partial charge in [0, 0.05) is 45.0 Å². The zero-order valence-corrected chi connectivity index (χ0v) is 17.8. The van der Waals surface area contributed by atoms with Gasteiger partial charge >= 0.3 is 0 Å². The Labute approximate surface area is 178 Å². The molecule has 0 aliphatic carbocycles. The van der Waals surface area contributed by atoms with E-state index < -0.39 is 0 Å². The number of rotatable bonds is 9. The number of unbranched alkanes of at least 4 members (excludes halogenated alkanes) is 1. The molecule has 1 aromatic rings. The van der Waals surface area contributed by atoms with Gasteiger partial charge in [-0.3, -0.25) is 9.59 Å². The van der Waals surface area contributed by atoms with E-state index in [9.17, 15) is 4.79 Å². The minimum absolute atomic E-state index is 0.0668. The van der Waals surface area contributed by atoms with Crippen molar-refractivity contribution in [1.29, 1.82) is 0 Å². The number of carbonyl (C=O) groups is 2. The minimum atomic E-state index is -0.250. The highest BCUT2D eigenvalue weighted by atomic mass is 16.5. The predicted molar refractivity (Wildman–Crippen MR) is 113 cm³/mol. The maximum Gasteiger partial charge on any atom is 0.290 e. The van der Waals surface area contributed by atoms with Gasteiger partial charge in [-0.05, 0) is 37.8 Å². The molecule has 2 N–H and O–H groups in total. The summed E-state index contributed by atoms with van der Waals surface area (Å²) in [5, 5.41) is 9.91. The van der Waals surface area contributed by atoms with Crippen molar-refractivity contribution < 1.29 is 24.2 Å². The molecule has 7 heteroatoms. The molecule has 0 radical (unpaired) electrons. The van der Waals surface area contributed by atoms with E-state index in [1.54, 1.807) is 6.92 Å². The summed E-state index contributed by atoms with van der Waals surface area (Å²) in [5.41, 5.74) is 1.31. The lowest BCUT2D eigenvalue weighted by Crippen LogP contribution is -2.41. The maximum absolute atomic E-state index is 11.3. The standard InChI is InChI=1S/C22H32N2O3.CH2O2/c1-17(25)23-13-19-20-14-24(16-22(20)10-9-21(19)27-22)11-5-6-12-26-15-18-7-3-2-4-8-18;2-1-3/h2-4,7-8,19-21H,5-6,9-16H2,1H3,(H,23,25);1H,(H,2,3)/t19-,20+,21+,22+;/m0./s1. The van der Waals surface area contributed by atoms with Crippen LogP contribution in [0.4, 0.5) is 0 Å². The summed E-state index contributed by atoms with van der Waals surface area (Å²) >= 11 is 0. The van der Waals surface area contributed by atoms with E-state index in [1.165, 1.54) is 12.0 Å². The SMILES string of the molecule is CC(=O)NC[C@H]1[C@H]2CN(CCCCOCc3ccccc3)C[C@]23CC[C@H]1O3.O=CO. The number of nitrogens with one attached hydrogen (secondary N) is 1. The van der Waals surface area contributed by atoms with Gasteiger partial charge in [-0.15, -0.1) is 0 Å². The van der Waals surface area contributed by atoms with Gasteiger partial charge in [0.25, 0.3) is 6.47 Å². The molecule has 1 spiro atoms. The third kappa shape index (κ3) is 5.59. The number of ether oxygens (including phenoxy) is 2. The molecule has 0 aromatic heterocycles. The third-order valence-corrected chi connectivity index (χ3v) is 6.57. The number of nitrogens with zero attached hydrogens (tertiary/aromatic N) is 1. The fourth-order valence-electron chi connectivity index (χ4n) is 5.30. The minimum Gasteiger partial charge on any atom is -0.483 e. The van der Waals surface area contributed by atoms with Gasteiger partial charge in [0.2, 0.25) is 5.91 Å². The number of benzene rings is 1. The summed E-state index contributed by atoms with van der Waals surface area (Å²) < 4.78 is 12.2. The van der Waals surface area contributed by atoms with Gasteiger partial charge < -0.3 is 24.8 Å². The van der Waals surface area contributed by atoms with Gasteiger partial charge in [0.05, 0.1) is 18.3 Å². The molecule has 3 heterocycles. The lowest BCUT2D eigenvalue weighted by atomic mass is 9.73. The van der Waals surface area contributed by atoms with Gasteiger partial charge in [-0.25, -0.2) is 0 Å². The highest BCUT2D eigenvalue weighted by molar-refractivity contribution is 5.72. The highest BCUT2D eigenvalue weighted by Crippen LogP contribution is 2.54. The number of hydrogen-bond donors (Lipinski definition) is 2. The van der Waals surface area contributed by atoms with E-state index in [0.717, 1.165) is 52.0 Å². The zero-order valence-electron chi connectivity index (χ0n) is 17.8. The molecule has 3 aliphatic rings. The first kappa shape index (κ1) is 22.7. The molecule has 30 heavy (non-hydrogen) atoms. The summed E-state index contributed by atoms with van der Waals surface area (Å²) in [5.74, 6) is 1.14. The van der Waals surface area contributed by atoms with Crippen LogP contribution >= 0.6 is 0 Å². The first-order valence-electron chi connectivity index (χ1n) is 10.9. The largest absolute Gasteiger partial charge is 0.483 e. The second-order valence-electron chi connectivity index (χ2n) is 8.55. The molecule has 3 fully saturated rings. The summed E-state index contributed by atoms with van der Waals surface area (Å²) in [4.78, 5) is 22.2. The van der Waals surface area contributed by atoms with Crippen LogP contribution < -0.4 is 5.32 Å². The van der Waals surface area contributed by atoms with E-state index >= 15 is 0 Å². The average molecular weight is 419 g/mol. The highest BCUT2D eigenvalue weighted by Gasteiger charge is 2.62. The summed E-state index contributed by atoms with van der Waals surface area (Å²) in [6.45, 7) is 6.95. The van der Waals surface area contributed by atoms with E-state index in [0.29, 0.717) is 24.5 Å². The third-order valence-electron chi connectivity index (χ3n) is 6.57. The van der Waals surface area contributed by atoms with Crippen molar-refractivity contribution in [2.24, 2.45) is 11.8 Å². The molecular weight excluding hydrogens is 384 g/mol. The van der Waals surface area contributed by atoms with Gasteiger partial charge in [0.1, 0.15) is 0 Å². The van der Waals surface area contributed by atoms with Gasteiger partial charge in [0.15, 0.2) is 0 Å². The van der Waals surface area contributed by atoms with E-state index in [-0.39, 0.29) is 18.0 Å². The number of hydrogen-bond acceptors (Lipinski definition) is 5. The molecule has 3 saturated heterocycles. The Hall–Kier alpha value is -1.96. The van der Waals surface area contributed by atoms with E-state index in [2.05, 4.69) is 34.5 Å². The molecule has 4 rings (SSSR count). The Balaban J connectivity index is 0.000000806. The van der Waals surface area contributed by atoms with Crippen LogP contribution in [0.2, 0.25) is 0 Å². The van der Waals surface area contributed by atoms with Crippen LogP contribution in [0.1, 0.15) is 38.2 Å². The Morgan fingerprint density at radius 3 is 2.87 bits per heavy atom. The molecule has 3 aliphatic heterocycles. The molecule has 4 atom stereocenters. The molecule has 7 nitrogen and oxygen atoms in total. The Morgan fingerprint density at radius 1 is 1.37 bits per heavy atom. The molecule has 1 amide bonds. The van der Waals surface area contributed by atoms with Crippen LogP contribution in [0.15, 0.2) is 30.3 Å². The normalized spacial score (nSPS) is 29.2. The monoisotopic (exact) mass is 418 g/mol. The van der Waals surface area contributed by atoms with Crippen molar-refractivity contribution in [1.82, 2.24) is 10.2 Å². The van der Waals surface area contributed by atoms with Crippen LogP contribution in [-0.4, -0.2) is 66.9 Å². The zero-order chi connectivity index (χ0) is 21.4. The van der Waals surface area contributed by atoms with Gasteiger partial charge in [-0.1, -0.05) is 30.3 Å². The van der Waals surface area contributed by atoms with Crippen molar-refractivity contribution >= 4 is 12.4 Å². The van der Waals surface area contributed by atoms with E-state index in [1.807, 2.05) is 6.07 Å². The second-order valence-corrected chi connectivity index (χ2v) is 8.55. The number of likely N-dealkylation sites (tertiary alicyclic amines) is 1. The number of carboxylic acid groups (broad SMARTS) is 1. The molecular formula is C23H34N2O5. The second kappa shape index (κ2) is 10.9. The summed E-state index contributed by atoms with van der Waals surface area (Å²) in [7, 11) is 0. The number of fused-ring (bicyclic) bond motifs is 1. The van der Waals surface area contributed by atoms with Crippen LogP contribution in [0.5, 0.6) is 0 Å². The number of carbonyl (C=O) groups excluding carboxylic acids is 1. The van der Waals surface area contributed by atoms with Crippen molar-refractivity contribution in [2.45, 2.75) is 50.9 Å². The molecule has 0 unspecified atom stereocenters. The molecule has 166 valence electrons. The Morgan fingerprint density at radius 2 is 2.13 bits per heavy atom. The van der Waals surface area contributed by atoms with Crippen LogP contribution in [0, 0.1) is 11.8 Å². The first-order chi connectivity index (χ1) is 14.6. The smallest absolute Gasteiger partial charge is 0.290 e. The van der Waals surface area contributed by atoms with Crippen LogP contribution in [0.3, 0.4) is 0 Å². The lowest BCUT2D eigenvalue weighted by molar-refractivity contribution is -0.123. The van der Waals surface area contributed by atoms with Crippen molar-refractivity contribution in [3.8, 4) is 0 Å². The Bertz CT molecular complexity index is 685.